The molecule has 2 aromatic carbocycles. The number of benzene rings is 2. The highest BCUT2D eigenvalue weighted by molar-refractivity contribution is 5.77. The number of anilines is 2. The summed E-state index contributed by atoms with van der Waals surface area (Å²) in [5.74, 6) is 0.00786. The van der Waals surface area contributed by atoms with E-state index in [4.69, 9.17) is 13.9 Å². The van der Waals surface area contributed by atoms with E-state index in [1.807, 2.05) is 0 Å². The van der Waals surface area contributed by atoms with Gasteiger partial charge in [-0.2, -0.15) is 18.2 Å². The summed E-state index contributed by atoms with van der Waals surface area (Å²) in [5.41, 5.74) is 0.251. The van der Waals surface area contributed by atoms with Gasteiger partial charge < -0.3 is 13.9 Å². The van der Waals surface area contributed by atoms with Gasteiger partial charge in [0.1, 0.15) is 11.3 Å². The largest absolute Gasteiger partial charge is 0.479 e. The van der Waals surface area contributed by atoms with E-state index in [2.05, 4.69) is 4.98 Å². The van der Waals surface area contributed by atoms with Crippen molar-refractivity contribution in [3.05, 3.63) is 48.0 Å². The van der Waals surface area contributed by atoms with Gasteiger partial charge in [0.25, 0.3) is 0 Å². The number of hydrogen-bond acceptors (Lipinski definition) is 6. The number of carbonyl (C=O) groups is 1. The number of nitrogens with zero attached hydrogens (tertiary/aromatic N) is 2. The number of aromatic nitrogens is 1. The standard InChI is InChI=1S/C20H19F3N2O4/c1-4-27-18(26)12(2)28-15-8-6-14(7-9-15)25(3)19-24-16-11-13(20(21,22)23)5-10-17(16)29-19/h5-12H,4H2,1-3H3. The first-order chi connectivity index (χ1) is 13.7. The third-order valence-electron chi connectivity index (χ3n) is 4.15. The fraction of sp³-hybridized carbons (Fsp3) is 0.300. The maximum absolute atomic E-state index is 12.9. The average Bonchev–Trinajstić information content (AvgIpc) is 3.11. The lowest BCUT2D eigenvalue weighted by atomic mass is 10.2. The van der Waals surface area contributed by atoms with Crippen LogP contribution < -0.4 is 9.64 Å². The van der Waals surface area contributed by atoms with Gasteiger partial charge in [-0.05, 0) is 56.3 Å². The van der Waals surface area contributed by atoms with Crippen LogP contribution in [0.1, 0.15) is 19.4 Å². The van der Waals surface area contributed by atoms with Crippen molar-refractivity contribution >= 4 is 28.8 Å². The van der Waals surface area contributed by atoms with Crippen LogP contribution in [0, 0.1) is 0 Å². The molecule has 0 fully saturated rings. The fourth-order valence-electron chi connectivity index (χ4n) is 2.61. The quantitative estimate of drug-likeness (QED) is 0.538. The molecule has 3 rings (SSSR count). The number of hydrogen-bond donors (Lipinski definition) is 0. The summed E-state index contributed by atoms with van der Waals surface area (Å²) in [6.45, 7) is 3.57. The lowest BCUT2D eigenvalue weighted by Crippen LogP contribution is -2.26. The molecule has 1 unspecified atom stereocenters. The van der Waals surface area contributed by atoms with Gasteiger partial charge in [-0.25, -0.2) is 4.79 Å². The lowest BCUT2D eigenvalue weighted by Gasteiger charge is -2.16. The predicted octanol–water partition coefficient (Wildman–Crippen LogP) is 4.94. The van der Waals surface area contributed by atoms with Gasteiger partial charge in [0.2, 0.25) is 0 Å². The number of fused-ring (bicyclic) bond motifs is 1. The molecule has 154 valence electrons. The molecule has 3 aromatic rings. The Kier molecular flexibility index (Phi) is 5.67. The first-order valence-electron chi connectivity index (χ1n) is 8.84. The number of esters is 1. The monoisotopic (exact) mass is 408 g/mol. The molecular formula is C20H19F3N2O4. The summed E-state index contributed by atoms with van der Waals surface area (Å²) in [4.78, 5) is 17.4. The Morgan fingerprint density at radius 3 is 2.52 bits per heavy atom. The number of oxazole rings is 1. The lowest BCUT2D eigenvalue weighted by molar-refractivity contribution is -0.150. The first-order valence-corrected chi connectivity index (χ1v) is 8.84. The van der Waals surface area contributed by atoms with Crippen molar-refractivity contribution in [1.82, 2.24) is 4.98 Å². The molecule has 0 aliphatic rings. The van der Waals surface area contributed by atoms with E-state index in [1.165, 1.54) is 6.07 Å². The van der Waals surface area contributed by atoms with Crippen LogP contribution in [0.2, 0.25) is 0 Å². The number of carbonyl (C=O) groups excluding carboxylic acids is 1. The molecule has 0 saturated heterocycles. The Balaban J connectivity index is 1.76. The second-order valence-corrected chi connectivity index (χ2v) is 6.24. The van der Waals surface area contributed by atoms with E-state index < -0.39 is 23.8 Å². The third kappa shape index (κ3) is 4.61. The summed E-state index contributed by atoms with van der Waals surface area (Å²) < 4.78 is 54.5. The van der Waals surface area contributed by atoms with Crippen LogP contribution in [-0.2, 0) is 15.7 Å². The van der Waals surface area contributed by atoms with E-state index in [1.54, 1.807) is 50.1 Å². The SMILES string of the molecule is CCOC(=O)C(C)Oc1ccc(N(C)c2nc3cc(C(F)(F)F)ccc3o2)cc1. The average molecular weight is 408 g/mol. The zero-order valence-corrected chi connectivity index (χ0v) is 16.0. The van der Waals surface area contributed by atoms with E-state index in [-0.39, 0.29) is 23.7 Å². The molecule has 0 aliphatic heterocycles. The summed E-state index contributed by atoms with van der Waals surface area (Å²) >= 11 is 0. The van der Waals surface area contributed by atoms with Crippen molar-refractivity contribution in [3.8, 4) is 5.75 Å². The highest BCUT2D eigenvalue weighted by atomic mass is 19.4. The van der Waals surface area contributed by atoms with Crippen LogP contribution in [0.4, 0.5) is 24.9 Å². The van der Waals surface area contributed by atoms with Gasteiger partial charge in [-0.15, -0.1) is 0 Å². The highest BCUT2D eigenvalue weighted by Crippen LogP contribution is 2.33. The zero-order valence-electron chi connectivity index (χ0n) is 16.0. The van der Waals surface area contributed by atoms with Crippen LogP contribution in [0.3, 0.4) is 0 Å². The van der Waals surface area contributed by atoms with Gasteiger partial charge in [0.05, 0.1) is 12.2 Å². The van der Waals surface area contributed by atoms with E-state index in [0.717, 1.165) is 12.1 Å². The first kappa shape index (κ1) is 20.5. The molecule has 1 atom stereocenters. The minimum Gasteiger partial charge on any atom is -0.479 e. The molecule has 0 spiro atoms. The van der Waals surface area contributed by atoms with Crippen LogP contribution in [-0.4, -0.2) is 30.7 Å². The van der Waals surface area contributed by atoms with Crippen molar-refractivity contribution in [2.45, 2.75) is 26.1 Å². The maximum Gasteiger partial charge on any atom is 0.416 e. The number of alkyl halides is 3. The van der Waals surface area contributed by atoms with Crippen LogP contribution >= 0.6 is 0 Å². The summed E-state index contributed by atoms with van der Waals surface area (Å²) in [6.07, 6.45) is -5.20. The Bertz CT molecular complexity index is 999. The number of halogens is 3. The molecular weight excluding hydrogens is 389 g/mol. The maximum atomic E-state index is 12.9. The van der Waals surface area contributed by atoms with E-state index >= 15 is 0 Å². The topological polar surface area (TPSA) is 64.8 Å². The van der Waals surface area contributed by atoms with Crippen molar-refractivity contribution in [2.24, 2.45) is 0 Å². The molecule has 1 heterocycles. The smallest absolute Gasteiger partial charge is 0.416 e. The van der Waals surface area contributed by atoms with Crippen LogP contribution in [0.5, 0.6) is 5.75 Å². The fourth-order valence-corrected chi connectivity index (χ4v) is 2.61. The van der Waals surface area contributed by atoms with Crippen molar-refractivity contribution in [3.63, 3.8) is 0 Å². The molecule has 29 heavy (non-hydrogen) atoms. The number of ether oxygens (including phenoxy) is 2. The van der Waals surface area contributed by atoms with Crippen molar-refractivity contribution in [1.29, 1.82) is 0 Å². The molecule has 0 saturated carbocycles. The molecule has 0 amide bonds. The second kappa shape index (κ2) is 8.02. The molecule has 0 bridgehead atoms. The van der Waals surface area contributed by atoms with Crippen LogP contribution in [0.25, 0.3) is 11.1 Å². The summed E-state index contributed by atoms with van der Waals surface area (Å²) in [6, 6.07) is 10.0. The number of rotatable bonds is 6. The normalized spacial score (nSPS) is 12.6. The molecule has 1 aromatic heterocycles. The van der Waals surface area contributed by atoms with Gasteiger partial charge in [0, 0.05) is 12.7 Å². The van der Waals surface area contributed by atoms with Gasteiger partial charge >= 0.3 is 18.2 Å². The Morgan fingerprint density at radius 2 is 1.90 bits per heavy atom. The van der Waals surface area contributed by atoms with Gasteiger partial charge in [-0.3, -0.25) is 4.90 Å². The van der Waals surface area contributed by atoms with Crippen LogP contribution in [0.15, 0.2) is 46.9 Å². The predicted molar refractivity (Wildman–Crippen MR) is 100 cm³/mol. The summed E-state index contributed by atoms with van der Waals surface area (Å²) in [5, 5.41) is 0. The van der Waals surface area contributed by atoms with E-state index in [0.29, 0.717) is 11.4 Å². The van der Waals surface area contributed by atoms with Gasteiger partial charge in [0.15, 0.2) is 11.7 Å². The third-order valence-corrected chi connectivity index (χ3v) is 4.15. The Labute approximate surface area is 164 Å². The zero-order chi connectivity index (χ0) is 21.2. The molecule has 9 heteroatoms. The van der Waals surface area contributed by atoms with E-state index in [9.17, 15) is 18.0 Å². The highest BCUT2D eigenvalue weighted by Gasteiger charge is 2.31. The molecule has 0 radical (unpaired) electrons. The molecule has 0 aliphatic carbocycles. The van der Waals surface area contributed by atoms with Gasteiger partial charge in [-0.1, -0.05) is 0 Å². The molecule has 6 nitrogen and oxygen atoms in total. The second-order valence-electron chi connectivity index (χ2n) is 6.24. The van der Waals surface area contributed by atoms with Crippen molar-refractivity contribution < 1.29 is 31.9 Å². The minimum atomic E-state index is -4.45. The Morgan fingerprint density at radius 1 is 1.21 bits per heavy atom. The molecule has 0 N–H and O–H groups in total. The summed E-state index contributed by atoms with van der Waals surface area (Å²) in [7, 11) is 1.67. The Hall–Kier alpha value is -3.23. The minimum absolute atomic E-state index is 0.116. The van der Waals surface area contributed by atoms with Crippen molar-refractivity contribution in [2.75, 3.05) is 18.6 Å².